The first kappa shape index (κ1) is 32.3. The lowest BCUT2D eigenvalue weighted by Crippen LogP contribution is -2.46. The first-order valence-electron chi connectivity index (χ1n) is 15.0. The van der Waals surface area contributed by atoms with Gasteiger partial charge in [-0.15, -0.1) is 0 Å². The lowest BCUT2D eigenvalue weighted by atomic mass is 9.87. The van der Waals surface area contributed by atoms with Crippen LogP contribution < -0.4 is 11.1 Å². The van der Waals surface area contributed by atoms with Gasteiger partial charge < -0.3 is 30.4 Å². The summed E-state index contributed by atoms with van der Waals surface area (Å²) in [5.74, 6) is -1.50. The van der Waals surface area contributed by atoms with Crippen molar-refractivity contribution >= 4 is 29.2 Å². The van der Waals surface area contributed by atoms with Crippen LogP contribution in [-0.4, -0.2) is 68.5 Å². The quantitative estimate of drug-likeness (QED) is 0.322. The molecule has 43 heavy (non-hydrogen) atoms. The molecule has 234 valence electrons. The molecule has 13 nitrogen and oxygen atoms in total. The van der Waals surface area contributed by atoms with Gasteiger partial charge in [-0.2, -0.15) is 10.4 Å². The van der Waals surface area contributed by atoms with Gasteiger partial charge in [0.25, 0.3) is 0 Å². The van der Waals surface area contributed by atoms with E-state index in [1.54, 1.807) is 26.8 Å². The average Bonchev–Trinajstić information content (AvgIpc) is 3.55. The molecule has 6 atom stereocenters. The summed E-state index contributed by atoms with van der Waals surface area (Å²) in [5, 5.41) is 29.1. The van der Waals surface area contributed by atoms with Gasteiger partial charge in [0.05, 0.1) is 5.69 Å². The summed E-state index contributed by atoms with van der Waals surface area (Å²) in [6.07, 6.45) is 3.07. The highest BCUT2D eigenvalue weighted by molar-refractivity contribution is 5.94. The number of aliphatic hydroxyl groups is 1. The Labute approximate surface area is 251 Å². The van der Waals surface area contributed by atoms with Crippen molar-refractivity contribution in [3.63, 3.8) is 0 Å². The fourth-order valence-corrected chi connectivity index (χ4v) is 5.52. The summed E-state index contributed by atoms with van der Waals surface area (Å²) in [7, 11) is 0. The molecule has 3 heterocycles. The van der Waals surface area contributed by atoms with Crippen LogP contribution in [0.5, 0.6) is 0 Å². The topological polar surface area (TPSA) is 191 Å². The molecule has 1 aliphatic heterocycles. The molecular weight excluding hydrogens is 556 g/mol. The van der Waals surface area contributed by atoms with Crippen LogP contribution in [0.15, 0.2) is 18.5 Å². The molecular formula is C30H42N6O7. The van der Waals surface area contributed by atoms with E-state index < -0.39 is 41.9 Å². The number of esters is 2. The number of rotatable bonds is 11. The predicted molar refractivity (Wildman–Crippen MR) is 154 cm³/mol. The molecule has 2 aromatic heterocycles. The number of aromatic nitrogens is 3. The number of hydrogen-bond donors (Lipinski definition) is 3. The minimum Gasteiger partial charge on any atom is -0.463 e. The van der Waals surface area contributed by atoms with E-state index in [1.165, 1.54) is 16.9 Å². The van der Waals surface area contributed by atoms with Crippen LogP contribution in [0, 0.1) is 29.1 Å². The normalized spacial score (nSPS) is 25.7. The third-order valence-electron chi connectivity index (χ3n) is 8.56. The van der Waals surface area contributed by atoms with Crippen molar-refractivity contribution in [1.82, 2.24) is 14.6 Å². The van der Waals surface area contributed by atoms with E-state index in [1.807, 2.05) is 13.0 Å². The van der Waals surface area contributed by atoms with Crippen molar-refractivity contribution in [2.24, 2.45) is 23.5 Å². The van der Waals surface area contributed by atoms with E-state index in [4.69, 9.17) is 19.9 Å². The van der Waals surface area contributed by atoms with Gasteiger partial charge in [-0.3, -0.25) is 14.4 Å². The highest BCUT2D eigenvalue weighted by Crippen LogP contribution is 2.42. The Morgan fingerprint density at radius 2 is 1.98 bits per heavy atom. The average molecular weight is 599 g/mol. The number of nitriles is 1. The predicted octanol–water partition coefficient (Wildman–Crippen LogP) is 2.60. The molecule has 4 N–H and O–H groups in total. The van der Waals surface area contributed by atoms with Gasteiger partial charge in [-0.05, 0) is 43.2 Å². The van der Waals surface area contributed by atoms with Crippen molar-refractivity contribution < 1.29 is 33.7 Å². The van der Waals surface area contributed by atoms with Crippen molar-refractivity contribution in [2.45, 2.75) is 103 Å². The molecule has 13 heteroatoms. The van der Waals surface area contributed by atoms with Crippen LogP contribution in [0.3, 0.4) is 0 Å². The van der Waals surface area contributed by atoms with E-state index in [9.17, 15) is 24.8 Å². The number of carbonyl (C=O) groups excluding carboxylic acids is 3. The Hall–Kier alpha value is -3.60. The maximum atomic E-state index is 12.9. The second-order valence-corrected chi connectivity index (χ2v) is 11.9. The summed E-state index contributed by atoms with van der Waals surface area (Å²) in [5.41, 5.74) is 4.41. The fraction of sp³-hybridized carbons (Fsp3) is 0.667. The Balaban J connectivity index is 1.63. The van der Waals surface area contributed by atoms with Crippen LogP contribution in [0.2, 0.25) is 0 Å². The highest BCUT2D eigenvalue weighted by atomic mass is 16.6. The van der Waals surface area contributed by atoms with E-state index in [0.717, 1.165) is 32.1 Å². The van der Waals surface area contributed by atoms with Crippen molar-refractivity contribution in [2.75, 3.05) is 11.9 Å². The van der Waals surface area contributed by atoms with Crippen LogP contribution >= 0.6 is 0 Å². The zero-order valence-corrected chi connectivity index (χ0v) is 25.2. The highest BCUT2D eigenvalue weighted by Gasteiger charge is 2.60. The third-order valence-corrected chi connectivity index (χ3v) is 8.56. The standard InChI is InChI=1S/C30H42N6O7/c1-5-18(4)28(39)35-27-20-11-12-22(36(20)34-16-33-27)30(15-31)26(38)25(42-29(40)24(32)17(2)3)21(43-30)14-41-23(37)13-19-9-7-6-8-10-19/h11-12,16-19,21,24-26,38H,5-10,13-14,32H2,1-4H3,(H,33,34,35,39)/t18-,21+,24-,25+,26+,30-/m0/s1. The molecule has 0 bridgehead atoms. The number of carbonyl (C=O) groups is 3. The Morgan fingerprint density at radius 1 is 1.26 bits per heavy atom. The summed E-state index contributed by atoms with van der Waals surface area (Å²) in [6.45, 7) is 6.84. The van der Waals surface area contributed by atoms with Crippen LogP contribution in [-0.2, 0) is 34.2 Å². The van der Waals surface area contributed by atoms with Gasteiger partial charge in [0, 0.05) is 12.3 Å². The van der Waals surface area contributed by atoms with E-state index >= 15 is 0 Å². The number of hydrogen-bond acceptors (Lipinski definition) is 11. The molecule has 4 rings (SSSR count). The lowest BCUT2D eigenvalue weighted by Gasteiger charge is -2.25. The van der Waals surface area contributed by atoms with Gasteiger partial charge in [0.1, 0.15) is 42.8 Å². The first-order chi connectivity index (χ1) is 20.5. The Bertz CT molecular complexity index is 1350. The lowest BCUT2D eigenvalue weighted by molar-refractivity contribution is -0.162. The summed E-state index contributed by atoms with van der Waals surface area (Å²) >= 11 is 0. The molecule has 0 spiro atoms. The number of aliphatic hydroxyl groups excluding tert-OH is 1. The number of fused-ring (bicyclic) bond motifs is 1. The zero-order chi connectivity index (χ0) is 31.3. The molecule has 1 saturated carbocycles. The summed E-state index contributed by atoms with van der Waals surface area (Å²) < 4.78 is 18.7. The molecule has 2 aliphatic rings. The molecule has 0 radical (unpaired) electrons. The smallest absolute Gasteiger partial charge is 0.323 e. The molecule has 0 unspecified atom stereocenters. The van der Waals surface area contributed by atoms with E-state index in [2.05, 4.69) is 15.4 Å². The minimum absolute atomic E-state index is 0.115. The second-order valence-electron chi connectivity index (χ2n) is 11.9. The van der Waals surface area contributed by atoms with E-state index in [-0.39, 0.29) is 48.2 Å². The molecule has 1 aliphatic carbocycles. The summed E-state index contributed by atoms with van der Waals surface area (Å²) in [6, 6.07) is 4.16. The van der Waals surface area contributed by atoms with Crippen LogP contribution in [0.1, 0.15) is 78.3 Å². The monoisotopic (exact) mass is 598 g/mol. The van der Waals surface area contributed by atoms with Crippen molar-refractivity contribution in [3.05, 3.63) is 24.2 Å². The molecule has 2 aromatic rings. The number of anilines is 1. The zero-order valence-electron chi connectivity index (χ0n) is 25.2. The van der Waals surface area contributed by atoms with Crippen molar-refractivity contribution in [1.29, 1.82) is 5.26 Å². The number of nitrogens with one attached hydrogen (secondary N) is 1. The second kappa shape index (κ2) is 13.8. The Morgan fingerprint density at radius 3 is 2.63 bits per heavy atom. The molecule has 1 saturated heterocycles. The first-order valence-corrected chi connectivity index (χ1v) is 15.0. The fourth-order valence-electron chi connectivity index (χ4n) is 5.52. The number of amides is 1. The van der Waals surface area contributed by atoms with Gasteiger partial charge in [0.15, 0.2) is 11.9 Å². The SMILES string of the molecule is CC[C@H](C)C(=O)Nc1ncnn2c([C@]3(C#N)O[C@H](COC(=O)CC4CCCCC4)[C@@H](OC(=O)[C@@H](N)C(C)C)[C@H]3O)ccc12. The van der Waals surface area contributed by atoms with Gasteiger partial charge in [-0.1, -0.05) is 47.0 Å². The summed E-state index contributed by atoms with van der Waals surface area (Å²) in [4.78, 5) is 42.4. The van der Waals surface area contributed by atoms with Gasteiger partial charge in [-0.25, -0.2) is 9.50 Å². The largest absolute Gasteiger partial charge is 0.463 e. The van der Waals surface area contributed by atoms with Crippen LogP contribution in [0.4, 0.5) is 5.82 Å². The third kappa shape index (κ3) is 6.82. The van der Waals surface area contributed by atoms with E-state index in [0.29, 0.717) is 11.9 Å². The molecule has 2 fully saturated rings. The Kier molecular flexibility index (Phi) is 10.4. The van der Waals surface area contributed by atoms with Gasteiger partial charge in [0.2, 0.25) is 11.5 Å². The minimum atomic E-state index is -2.08. The molecule has 0 aromatic carbocycles. The molecule has 1 amide bonds. The number of nitrogens with two attached hydrogens (primary N) is 1. The number of nitrogens with zero attached hydrogens (tertiary/aromatic N) is 4. The maximum Gasteiger partial charge on any atom is 0.323 e. The number of ether oxygens (including phenoxy) is 3. The van der Waals surface area contributed by atoms with Gasteiger partial charge >= 0.3 is 11.9 Å². The van der Waals surface area contributed by atoms with Crippen LogP contribution in [0.25, 0.3) is 5.52 Å². The maximum absolute atomic E-state index is 12.9. The van der Waals surface area contributed by atoms with Crippen molar-refractivity contribution in [3.8, 4) is 6.07 Å².